The molecule has 0 spiro atoms. The number of alkyl halides is 3. The third-order valence-corrected chi connectivity index (χ3v) is 5.02. The molecule has 0 aromatic heterocycles. The first-order chi connectivity index (χ1) is 12.7. The fourth-order valence-electron chi connectivity index (χ4n) is 3.46. The van der Waals surface area contributed by atoms with Gasteiger partial charge in [0.1, 0.15) is 0 Å². The number of rotatable bonds is 10. The maximum Gasteiger partial charge on any atom is 0.401 e. The van der Waals surface area contributed by atoms with Crippen LogP contribution >= 0.6 is 0 Å². The number of likely N-dealkylation sites (tertiary alicyclic amines) is 1. The predicted molar refractivity (Wildman–Crippen MR) is 104 cm³/mol. The molecule has 27 heavy (non-hydrogen) atoms. The number of hydrogen-bond acceptors (Lipinski definition) is 3. The average molecular weight is 395 g/mol. The van der Waals surface area contributed by atoms with Crippen molar-refractivity contribution < 1.29 is 17.9 Å². The smallest absolute Gasteiger partial charge is 0.378 e. The fourth-order valence-corrected chi connectivity index (χ4v) is 3.46. The zero-order valence-electron chi connectivity index (χ0n) is 17.2. The normalized spacial score (nSPS) is 18.7. The third kappa shape index (κ3) is 10.8. The highest BCUT2D eigenvalue weighted by atomic mass is 19.4. The van der Waals surface area contributed by atoms with Crippen LogP contribution in [0.5, 0.6) is 0 Å². The molecular weight excluding hydrogens is 357 g/mol. The van der Waals surface area contributed by atoms with Crippen LogP contribution in [0.1, 0.15) is 46.5 Å². The summed E-state index contributed by atoms with van der Waals surface area (Å²) in [5.41, 5.74) is 0. The molecule has 0 radical (unpaired) electrons. The van der Waals surface area contributed by atoms with Gasteiger partial charge in [-0.3, -0.25) is 9.89 Å². The first kappa shape index (κ1) is 24.0. The van der Waals surface area contributed by atoms with Gasteiger partial charge in [-0.2, -0.15) is 13.2 Å². The van der Waals surface area contributed by atoms with Gasteiger partial charge in [0.15, 0.2) is 5.96 Å². The number of nitrogens with one attached hydrogen (secondary N) is 2. The van der Waals surface area contributed by atoms with E-state index in [-0.39, 0.29) is 6.10 Å². The summed E-state index contributed by atoms with van der Waals surface area (Å²) < 4.78 is 43.0. The quantitative estimate of drug-likeness (QED) is 0.441. The van der Waals surface area contributed by atoms with Crippen LogP contribution in [-0.4, -0.2) is 69.5 Å². The van der Waals surface area contributed by atoms with Gasteiger partial charge >= 0.3 is 6.18 Å². The molecule has 1 saturated heterocycles. The summed E-state index contributed by atoms with van der Waals surface area (Å²) >= 11 is 0. The molecule has 1 fully saturated rings. The van der Waals surface area contributed by atoms with Crippen molar-refractivity contribution in [3.05, 3.63) is 0 Å². The topological polar surface area (TPSA) is 48.9 Å². The number of piperidine rings is 1. The lowest BCUT2D eigenvalue weighted by Gasteiger charge is -2.32. The van der Waals surface area contributed by atoms with E-state index in [1.165, 1.54) is 4.90 Å². The Kier molecular flexibility index (Phi) is 11.1. The van der Waals surface area contributed by atoms with Gasteiger partial charge < -0.3 is 15.4 Å². The van der Waals surface area contributed by atoms with Gasteiger partial charge in [-0.15, -0.1) is 0 Å². The minimum atomic E-state index is -4.09. The van der Waals surface area contributed by atoms with Crippen LogP contribution in [0.3, 0.4) is 0 Å². The van der Waals surface area contributed by atoms with Crippen molar-refractivity contribution in [3.63, 3.8) is 0 Å². The first-order valence-corrected chi connectivity index (χ1v) is 10.1. The fraction of sp³-hybridized carbons (Fsp3) is 0.947. The molecule has 2 N–H and O–H groups in total. The Labute approximate surface area is 162 Å². The molecule has 1 aliphatic heterocycles. The van der Waals surface area contributed by atoms with E-state index >= 15 is 0 Å². The monoisotopic (exact) mass is 394 g/mol. The highest BCUT2D eigenvalue weighted by molar-refractivity contribution is 5.79. The molecule has 0 bridgehead atoms. The van der Waals surface area contributed by atoms with Gasteiger partial charge in [-0.05, 0) is 57.5 Å². The summed E-state index contributed by atoms with van der Waals surface area (Å²) in [5, 5.41) is 6.61. The van der Waals surface area contributed by atoms with Gasteiger partial charge in [0.2, 0.25) is 0 Å². The zero-order valence-corrected chi connectivity index (χ0v) is 17.2. The standard InChI is InChI=1S/C19H37F3N4O/c1-5-27-17(15(2)3)7-11-25-18(23-4)24-10-6-16-8-12-26(13-9-16)14-19(20,21)22/h15-17H,5-14H2,1-4H3,(H2,23,24,25). The summed E-state index contributed by atoms with van der Waals surface area (Å²) in [6.45, 7) is 8.90. The molecule has 0 aromatic carbocycles. The van der Waals surface area contributed by atoms with Gasteiger partial charge in [0.05, 0.1) is 12.6 Å². The van der Waals surface area contributed by atoms with Gasteiger partial charge in [-0.25, -0.2) is 0 Å². The number of nitrogens with zero attached hydrogens (tertiary/aromatic N) is 2. The molecule has 0 amide bonds. The summed E-state index contributed by atoms with van der Waals surface area (Å²) in [7, 11) is 1.74. The summed E-state index contributed by atoms with van der Waals surface area (Å²) in [4.78, 5) is 5.74. The van der Waals surface area contributed by atoms with E-state index in [4.69, 9.17) is 4.74 Å². The van der Waals surface area contributed by atoms with E-state index in [9.17, 15) is 13.2 Å². The summed E-state index contributed by atoms with van der Waals surface area (Å²) in [6, 6.07) is 0. The number of guanidine groups is 1. The lowest BCUT2D eigenvalue weighted by molar-refractivity contribution is -0.148. The molecule has 0 aromatic rings. The van der Waals surface area contributed by atoms with E-state index in [2.05, 4.69) is 29.5 Å². The average Bonchev–Trinajstić information content (AvgIpc) is 2.59. The van der Waals surface area contributed by atoms with Crippen LogP contribution in [0, 0.1) is 11.8 Å². The highest BCUT2D eigenvalue weighted by Crippen LogP contribution is 2.23. The lowest BCUT2D eigenvalue weighted by atomic mass is 9.93. The van der Waals surface area contributed by atoms with Crippen LogP contribution in [0.2, 0.25) is 0 Å². The Hall–Kier alpha value is -1.02. The molecule has 0 saturated carbocycles. The molecule has 5 nitrogen and oxygen atoms in total. The second-order valence-electron chi connectivity index (χ2n) is 7.58. The van der Waals surface area contributed by atoms with Crippen molar-refractivity contribution in [2.24, 2.45) is 16.8 Å². The van der Waals surface area contributed by atoms with Gasteiger partial charge in [0.25, 0.3) is 0 Å². The van der Waals surface area contributed by atoms with Crippen molar-refractivity contribution in [2.45, 2.75) is 58.7 Å². The molecule has 1 atom stereocenters. The zero-order chi connectivity index (χ0) is 20.3. The second kappa shape index (κ2) is 12.4. The number of ether oxygens (including phenoxy) is 1. The largest absolute Gasteiger partial charge is 0.401 e. The van der Waals surface area contributed by atoms with Gasteiger partial charge in [-0.1, -0.05) is 13.8 Å². The Morgan fingerprint density at radius 3 is 2.33 bits per heavy atom. The molecule has 8 heteroatoms. The van der Waals surface area contributed by atoms with E-state index in [1.807, 2.05) is 6.92 Å². The molecule has 160 valence electrons. The third-order valence-electron chi connectivity index (χ3n) is 5.02. The molecule has 1 aliphatic rings. The molecule has 1 heterocycles. The number of aliphatic imine (C=N–C) groups is 1. The summed E-state index contributed by atoms with van der Waals surface area (Å²) in [6.07, 6.45) is -0.327. The van der Waals surface area contributed by atoms with E-state index < -0.39 is 12.7 Å². The SMILES string of the molecule is CCOC(CCNC(=NC)NCCC1CCN(CC(F)(F)F)CC1)C(C)C. The van der Waals surface area contributed by atoms with E-state index in [0.29, 0.717) is 24.9 Å². The molecule has 1 unspecified atom stereocenters. The number of halogens is 3. The van der Waals surface area contributed by atoms with Crippen molar-refractivity contribution >= 4 is 5.96 Å². The highest BCUT2D eigenvalue weighted by Gasteiger charge is 2.32. The first-order valence-electron chi connectivity index (χ1n) is 10.1. The van der Waals surface area contributed by atoms with Crippen molar-refractivity contribution in [3.8, 4) is 0 Å². The molecule has 1 rings (SSSR count). The van der Waals surface area contributed by atoms with Crippen molar-refractivity contribution in [1.82, 2.24) is 15.5 Å². The van der Waals surface area contributed by atoms with E-state index in [1.54, 1.807) is 7.05 Å². The Morgan fingerprint density at radius 1 is 1.19 bits per heavy atom. The van der Waals surface area contributed by atoms with Crippen LogP contribution in [0.15, 0.2) is 4.99 Å². The van der Waals surface area contributed by atoms with Crippen LogP contribution in [0.25, 0.3) is 0 Å². The van der Waals surface area contributed by atoms with Crippen molar-refractivity contribution in [1.29, 1.82) is 0 Å². The minimum absolute atomic E-state index is 0.238. The minimum Gasteiger partial charge on any atom is -0.378 e. The van der Waals surface area contributed by atoms with Crippen LogP contribution in [0.4, 0.5) is 13.2 Å². The summed E-state index contributed by atoms with van der Waals surface area (Å²) in [5.74, 6) is 1.72. The van der Waals surface area contributed by atoms with Crippen molar-refractivity contribution in [2.75, 3.05) is 46.4 Å². The Bertz CT molecular complexity index is 422. The van der Waals surface area contributed by atoms with E-state index in [0.717, 1.165) is 51.3 Å². The molecular formula is C19H37F3N4O. The van der Waals surface area contributed by atoms with Gasteiger partial charge in [0, 0.05) is 26.7 Å². The predicted octanol–water partition coefficient (Wildman–Crippen LogP) is 3.27. The second-order valence-corrected chi connectivity index (χ2v) is 7.58. The van der Waals surface area contributed by atoms with Crippen LogP contribution < -0.4 is 10.6 Å². The maximum absolute atomic E-state index is 12.4. The lowest BCUT2D eigenvalue weighted by Crippen LogP contribution is -2.42. The maximum atomic E-state index is 12.4. The molecule has 0 aliphatic carbocycles. The number of hydrogen-bond donors (Lipinski definition) is 2. The Balaban J connectivity index is 2.19. The Morgan fingerprint density at radius 2 is 1.81 bits per heavy atom. The van der Waals surface area contributed by atoms with Crippen LogP contribution in [-0.2, 0) is 4.74 Å².